The van der Waals surface area contributed by atoms with Gasteiger partial charge in [0, 0.05) is 0 Å². The lowest BCUT2D eigenvalue weighted by Gasteiger charge is -1.92. The van der Waals surface area contributed by atoms with E-state index in [-0.39, 0.29) is 11.5 Å². The summed E-state index contributed by atoms with van der Waals surface area (Å²) in [5.74, 6) is 0.0648. The molecule has 52 valence electrons. The topological polar surface area (TPSA) is 108 Å². The zero-order valence-electron chi connectivity index (χ0n) is 4.96. The van der Waals surface area contributed by atoms with Crippen molar-refractivity contribution in [2.24, 2.45) is 5.11 Å². The van der Waals surface area contributed by atoms with E-state index in [2.05, 4.69) is 15.1 Å². The highest BCUT2D eigenvalue weighted by molar-refractivity contribution is 5.53. The molecule has 6 heteroatoms. The number of aromatic amines is 1. The predicted octanol–water partition coefficient (Wildman–Crippen LogP) is 0.0146. The molecule has 0 bridgehead atoms. The maximum atomic E-state index is 10.4. The Balaban J connectivity index is 3.32. The number of aromatic nitrogens is 2. The van der Waals surface area contributed by atoms with Gasteiger partial charge in [-0.2, -0.15) is 10.1 Å². The van der Waals surface area contributed by atoms with Crippen molar-refractivity contribution in [3.05, 3.63) is 16.7 Å². The Morgan fingerprint density at radius 1 is 1.80 bits per heavy atom. The standard InChI is InChI=1S/C4H5N5O/c5-3-2(9-6)1-7-4(10)8-3/h1,6H,(H3,5,7,8,10). The SMILES string of the molecule is N=Nc1cnc(=O)[nH]c1N. The van der Waals surface area contributed by atoms with Gasteiger partial charge in [-0.05, 0) is 0 Å². The molecule has 6 nitrogen and oxygen atoms in total. The normalized spacial score (nSPS) is 9.20. The average molecular weight is 139 g/mol. The summed E-state index contributed by atoms with van der Waals surface area (Å²) in [6.45, 7) is 0. The Kier molecular flexibility index (Phi) is 1.44. The molecule has 1 rings (SSSR count). The number of rotatable bonds is 1. The molecule has 0 saturated heterocycles. The van der Waals surface area contributed by atoms with Crippen molar-refractivity contribution >= 4 is 11.5 Å². The first-order chi connectivity index (χ1) is 4.74. The fourth-order valence-corrected chi connectivity index (χ4v) is 0.490. The van der Waals surface area contributed by atoms with Gasteiger partial charge in [-0.3, -0.25) is 4.98 Å². The van der Waals surface area contributed by atoms with Crippen LogP contribution in [-0.2, 0) is 0 Å². The fourth-order valence-electron chi connectivity index (χ4n) is 0.490. The third kappa shape index (κ3) is 0.993. The molecule has 0 amide bonds. The number of nitrogens with two attached hydrogens (primary N) is 1. The summed E-state index contributed by atoms with van der Waals surface area (Å²) in [6, 6.07) is 0. The second kappa shape index (κ2) is 2.26. The van der Waals surface area contributed by atoms with Crippen LogP contribution in [0, 0.1) is 5.53 Å². The number of nitrogens with zero attached hydrogens (tertiary/aromatic N) is 2. The number of nitrogen functional groups attached to an aromatic ring is 1. The molecule has 1 heterocycles. The first-order valence-electron chi connectivity index (χ1n) is 2.46. The van der Waals surface area contributed by atoms with Crippen LogP contribution in [0.1, 0.15) is 0 Å². The Bertz CT molecular complexity index is 303. The van der Waals surface area contributed by atoms with Gasteiger partial charge in [-0.15, -0.1) is 0 Å². The van der Waals surface area contributed by atoms with Crippen LogP contribution in [0.5, 0.6) is 0 Å². The average Bonchev–Trinajstić information content (AvgIpc) is 1.88. The summed E-state index contributed by atoms with van der Waals surface area (Å²) in [5.41, 5.74) is 11.4. The van der Waals surface area contributed by atoms with Gasteiger partial charge < -0.3 is 5.73 Å². The van der Waals surface area contributed by atoms with Crippen molar-refractivity contribution in [3.8, 4) is 0 Å². The van der Waals surface area contributed by atoms with Gasteiger partial charge in [0.1, 0.15) is 11.5 Å². The van der Waals surface area contributed by atoms with E-state index in [1.165, 1.54) is 0 Å². The quantitative estimate of drug-likeness (QED) is 0.477. The van der Waals surface area contributed by atoms with Crippen molar-refractivity contribution in [1.82, 2.24) is 9.97 Å². The van der Waals surface area contributed by atoms with Crippen molar-refractivity contribution < 1.29 is 0 Å². The Hall–Kier alpha value is -1.72. The van der Waals surface area contributed by atoms with Crippen molar-refractivity contribution in [2.75, 3.05) is 5.73 Å². The monoisotopic (exact) mass is 139 g/mol. The number of hydrogen-bond donors (Lipinski definition) is 3. The molecule has 0 unspecified atom stereocenters. The van der Waals surface area contributed by atoms with E-state index in [1.807, 2.05) is 0 Å². The molecule has 0 saturated carbocycles. The van der Waals surface area contributed by atoms with Crippen molar-refractivity contribution in [2.45, 2.75) is 0 Å². The van der Waals surface area contributed by atoms with Gasteiger partial charge in [-0.25, -0.2) is 10.3 Å². The van der Waals surface area contributed by atoms with Crippen LogP contribution in [0.2, 0.25) is 0 Å². The Morgan fingerprint density at radius 3 is 3.00 bits per heavy atom. The zero-order chi connectivity index (χ0) is 7.56. The van der Waals surface area contributed by atoms with E-state index < -0.39 is 5.69 Å². The minimum absolute atomic E-state index is 0.0648. The third-order valence-corrected chi connectivity index (χ3v) is 0.942. The van der Waals surface area contributed by atoms with E-state index >= 15 is 0 Å². The Morgan fingerprint density at radius 2 is 2.50 bits per heavy atom. The molecule has 0 aromatic carbocycles. The van der Waals surface area contributed by atoms with Gasteiger partial charge in [0.05, 0.1) is 6.20 Å². The van der Waals surface area contributed by atoms with E-state index in [1.54, 1.807) is 0 Å². The number of nitrogens with one attached hydrogen (secondary N) is 2. The van der Waals surface area contributed by atoms with E-state index in [9.17, 15) is 4.79 Å². The van der Waals surface area contributed by atoms with Crippen LogP contribution in [0.25, 0.3) is 0 Å². The van der Waals surface area contributed by atoms with Crippen molar-refractivity contribution in [3.63, 3.8) is 0 Å². The van der Waals surface area contributed by atoms with Crippen LogP contribution in [0.4, 0.5) is 11.5 Å². The predicted molar refractivity (Wildman–Crippen MR) is 34.1 cm³/mol. The smallest absolute Gasteiger partial charge is 0.346 e. The first kappa shape index (κ1) is 6.40. The molecule has 0 radical (unpaired) electrons. The zero-order valence-corrected chi connectivity index (χ0v) is 4.96. The minimum Gasteiger partial charge on any atom is -0.383 e. The molecule has 0 fully saturated rings. The largest absolute Gasteiger partial charge is 0.383 e. The van der Waals surface area contributed by atoms with Gasteiger partial charge in [0.15, 0.2) is 0 Å². The lowest BCUT2D eigenvalue weighted by molar-refractivity contribution is 1.05. The highest BCUT2D eigenvalue weighted by atomic mass is 16.1. The molecule has 0 atom stereocenters. The van der Waals surface area contributed by atoms with Gasteiger partial charge >= 0.3 is 5.69 Å². The maximum absolute atomic E-state index is 10.4. The minimum atomic E-state index is -0.537. The first-order valence-corrected chi connectivity index (χ1v) is 2.46. The van der Waals surface area contributed by atoms with Crippen LogP contribution in [0.3, 0.4) is 0 Å². The van der Waals surface area contributed by atoms with Crippen LogP contribution >= 0.6 is 0 Å². The molecule has 0 aliphatic rings. The highest BCUT2D eigenvalue weighted by Gasteiger charge is 1.95. The third-order valence-electron chi connectivity index (χ3n) is 0.942. The highest BCUT2D eigenvalue weighted by Crippen LogP contribution is 2.13. The van der Waals surface area contributed by atoms with Gasteiger partial charge in [-0.1, -0.05) is 0 Å². The molecule has 1 aromatic heterocycles. The molecule has 1 aromatic rings. The lowest BCUT2D eigenvalue weighted by Crippen LogP contribution is -2.10. The number of anilines is 1. The van der Waals surface area contributed by atoms with Gasteiger partial charge in [0.25, 0.3) is 0 Å². The number of hydrogen-bond acceptors (Lipinski definition) is 5. The molecular formula is C4H5N5O. The maximum Gasteiger partial charge on any atom is 0.346 e. The summed E-state index contributed by atoms with van der Waals surface area (Å²) in [5, 5.41) is 3.00. The van der Waals surface area contributed by atoms with E-state index in [4.69, 9.17) is 11.3 Å². The van der Waals surface area contributed by atoms with E-state index in [0.29, 0.717) is 0 Å². The summed E-state index contributed by atoms with van der Waals surface area (Å²) in [7, 11) is 0. The fraction of sp³-hybridized carbons (Fsp3) is 0. The van der Waals surface area contributed by atoms with Crippen LogP contribution < -0.4 is 11.4 Å². The molecule has 0 spiro atoms. The number of H-pyrrole nitrogens is 1. The van der Waals surface area contributed by atoms with E-state index in [0.717, 1.165) is 6.20 Å². The summed E-state index contributed by atoms with van der Waals surface area (Å²) in [6.07, 6.45) is 1.14. The summed E-state index contributed by atoms with van der Waals surface area (Å²) in [4.78, 5) is 15.9. The second-order valence-corrected chi connectivity index (χ2v) is 1.60. The summed E-state index contributed by atoms with van der Waals surface area (Å²) < 4.78 is 0. The molecule has 10 heavy (non-hydrogen) atoms. The molecule has 0 aliphatic heterocycles. The Labute approximate surface area is 55.6 Å². The molecule has 4 N–H and O–H groups in total. The van der Waals surface area contributed by atoms with Crippen molar-refractivity contribution in [1.29, 1.82) is 5.53 Å². The summed E-state index contributed by atoms with van der Waals surface area (Å²) >= 11 is 0. The van der Waals surface area contributed by atoms with Crippen LogP contribution in [0.15, 0.2) is 16.1 Å². The van der Waals surface area contributed by atoms with Gasteiger partial charge in [0.2, 0.25) is 0 Å². The lowest BCUT2D eigenvalue weighted by atomic mass is 10.5. The van der Waals surface area contributed by atoms with Crippen LogP contribution in [-0.4, -0.2) is 9.97 Å². The second-order valence-electron chi connectivity index (χ2n) is 1.60. The molecule has 0 aliphatic carbocycles. The molecular weight excluding hydrogens is 134 g/mol.